The fraction of sp³-hybridized carbons (Fsp3) is 0.190. The predicted octanol–water partition coefficient (Wildman–Crippen LogP) is 3.74. The van der Waals surface area contributed by atoms with Crippen LogP contribution in [0.15, 0.2) is 48.7 Å². The van der Waals surface area contributed by atoms with Crippen LogP contribution in [-0.2, 0) is 9.59 Å². The number of hydrogen-bond acceptors (Lipinski definition) is 5. The van der Waals surface area contributed by atoms with Gasteiger partial charge in [-0.1, -0.05) is 23.7 Å². The van der Waals surface area contributed by atoms with E-state index in [9.17, 15) is 9.59 Å². The summed E-state index contributed by atoms with van der Waals surface area (Å²) in [7, 11) is 3.04. The highest BCUT2D eigenvalue weighted by Gasteiger charge is 2.33. The number of ether oxygens (including phenoxy) is 2. The lowest BCUT2D eigenvalue weighted by Gasteiger charge is -2.25. The summed E-state index contributed by atoms with van der Waals surface area (Å²) in [6, 6.07) is 11.4. The molecule has 3 aromatic rings. The van der Waals surface area contributed by atoms with Gasteiger partial charge in [-0.2, -0.15) is 5.10 Å². The second kappa shape index (κ2) is 8.08. The minimum absolute atomic E-state index is 0.0349. The van der Waals surface area contributed by atoms with E-state index in [2.05, 4.69) is 15.7 Å². The maximum Gasteiger partial charge on any atom is 0.249 e. The lowest BCUT2D eigenvalue weighted by Crippen LogP contribution is -2.35. The monoisotopic (exact) mass is 426 g/mol. The Morgan fingerprint density at radius 2 is 1.97 bits per heavy atom. The summed E-state index contributed by atoms with van der Waals surface area (Å²) in [5, 5.41) is 10.6. The number of halogens is 1. The number of amides is 2. The molecule has 8 nitrogen and oxygen atoms in total. The maximum absolute atomic E-state index is 13.1. The van der Waals surface area contributed by atoms with E-state index >= 15 is 0 Å². The molecule has 1 aromatic heterocycles. The fourth-order valence-corrected chi connectivity index (χ4v) is 3.47. The van der Waals surface area contributed by atoms with E-state index in [-0.39, 0.29) is 18.2 Å². The number of methoxy groups -OCH3 is 2. The van der Waals surface area contributed by atoms with Crippen molar-refractivity contribution in [1.82, 2.24) is 9.78 Å². The van der Waals surface area contributed by atoms with Crippen LogP contribution in [0.3, 0.4) is 0 Å². The zero-order valence-electron chi connectivity index (χ0n) is 16.3. The van der Waals surface area contributed by atoms with E-state index in [1.54, 1.807) is 36.5 Å². The number of carbonyl (C=O) groups excluding carboxylic acids is 2. The average molecular weight is 427 g/mol. The summed E-state index contributed by atoms with van der Waals surface area (Å²) >= 11 is 5.97. The van der Waals surface area contributed by atoms with Gasteiger partial charge in [0.2, 0.25) is 11.8 Å². The number of nitrogens with zero attached hydrogens (tertiary/aromatic N) is 2. The second-order valence-electron chi connectivity index (χ2n) is 6.68. The number of fused-ring (bicyclic) bond motifs is 1. The molecular formula is C21H19ClN4O4. The van der Waals surface area contributed by atoms with Crippen LogP contribution in [0.25, 0.3) is 11.1 Å². The van der Waals surface area contributed by atoms with Crippen molar-refractivity contribution < 1.29 is 19.1 Å². The first-order valence-corrected chi connectivity index (χ1v) is 9.54. The highest BCUT2D eigenvalue weighted by atomic mass is 35.5. The largest absolute Gasteiger partial charge is 0.497 e. The summed E-state index contributed by atoms with van der Waals surface area (Å²) in [6.07, 6.45) is 1.59. The number of carbonyl (C=O) groups is 2. The van der Waals surface area contributed by atoms with Crippen LogP contribution in [-0.4, -0.2) is 35.8 Å². The quantitative estimate of drug-likeness (QED) is 0.648. The minimum atomic E-state index is -0.814. The van der Waals surface area contributed by atoms with E-state index < -0.39 is 6.04 Å². The first kappa shape index (κ1) is 19.8. The molecule has 9 heteroatoms. The molecular weight excluding hydrogens is 408 g/mol. The number of rotatable bonds is 5. The molecule has 1 aliphatic heterocycles. The lowest BCUT2D eigenvalue weighted by molar-refractivity contribution is -0.125. The van der Waals surface area contributed by atoms with Gasteiger partial charge in [0, 0.05) is 16.7 Å². The molecule has 0 aliphatic carbocycles. The molecule has 2 amide bonds. The van der Waals surface area contributed by atoms with Gasteiger partial charge in [-0.25, -0.2) is 4.68 Å². The topological polar surface area (TPSA) is 94.5 Å². The summed E-state index contributed by atoms with van der Waals surface area (Å²) in [6.45, 7) is 0. The molecule has 0 radical (unpaired) electrons. The number of hydrogen-bond donors (Lipinski definition) is 2. The first-order valence-electron chi connectivity index (χ1n) is 9.16. The van der Waals surface area contributed by atoms with Crippen molar-refractivity contribution in [2.45, 2.75) is 12.5 Å². The summed E-state index contributed by atoms with van der Waals surface area (Å²) < 4.78 is 12.1. The smallest absolute Gasteiger partial charge is 0.249 e. The lowest BCUT2D eigenvalue weighted by atomic mass is 10.1. The first-order chi connectivity index (χ1) is 14.5. The molecule has 30 heavy (non-hydrogen) atoms. The van der Waals surface area contributed by atoms with Gasteiger partial charge in [0.05, 0.1) is 32.5 Å². The number of nitrogens with one attached hydrogen (secondary N) is 2. The molecule has 2 aromatic carbocycles. The highest BCUT2D eigenvalue weighted by Crippen LogP contribution is 2.36. The molecule has 4 rings (SSSR count). The second-order valence-corrected chi connectivity index (χ2v) is 7.12. The van der Waals surface area contributed by atoms with Gasteiger partial charge in [0.1, 0.15) is 23.4 Å². The predicted molar refractivity (Wildman–Crippen MR) is 113 cm³/mol. The molecule has 0 saturated heterocycles. The van der Waals surface area contributed by atoms with E-state index in [1.807, 2.05) is 12.1 Å². The maximum atomic E-state index is 13.1. The van der Waals surface area contributed by atoms with Crippen molar-refractivity contribution in [3.05, 3.63) is 53.7 Å². The zero-order valence-corrected chi connectivity index (χ0v) is 17.1. The molecule has 2 N–H and O–H groups in total. The summed E-state index contributed by atoms with van der Waals surface area (Å²) in [5.41, 5.74) is 1.98. The molecule has 0 spiro atoms. The van der Waals surface area contributed by atoms with E-state index in [4.69, 9.17) is 21.1 Å². The van der Waals surface area contributed by atoms with Gasteiger partial charge in [-0.15, -0.1) is 0 Å². The Balaban J connectivity index is 1.66. The third kappa shape index (κ3) is 3.69. The van der Waals surface area contributed by atoms with Crippen molar-refractivity contribution in [1.29, 1.82) is 0 Å². The van der Waals surface area contributed by atoms with Crippen LogP contribution in [0.4, 0.5) is 11.5 Å². The number of anilines is 2. The molecule has 1 aliphatic rings. The average Bonchev–Trinajstić information content (AvgIpc) is 3.17. The van der Waals surface area contributed by atoms with E-state index in [0.29, 0.717) is 33.6 Å². The van der Waals surface area contributed by atoms with Gasteiger partial charge < -0.3 is 20.1 Å². The van der Waals surface area contributed by atoms with Gasteiger partial charge in [-0.05, 0) is 29.8 Å². The van der Waals surface area contributed by atoms with Crippen LogP contribution in [0.2, 0.25) is 5.02 Å². The van der Waals surface area contributed by atoms with Crippen LogP contribution in [0.5, 0.6) is 11.5 Å². The van der Waals surface area contributed by atoms with Crippen molar-refractivity contribution in [2.75, 3.05) is 24.9 Å². The molecule has 154 valence electrons. The van der Waals surface area contributed by atoms with Crippen LogP contribution >= 0.6 is 11.6 Å². The van der Waals surface area contributed by atoms with Crippen molar-refractivity contribution in [3.63, 3.8) is 0 Å². The Morgan fingerprint density at radius 1 is 1.20 bits per heavy atom. The standard InChI is InChI=1S/C21H19ClN4O4/c1-29-14-7-8-18(30-2)16(9-14)24-21(28)17-10-19(27)25-20-15(11-23-26(17)20)12-3-5-13(22)6-4-12/h3-9,11,17H,10H2,1-2H3,(H,24,28)(H,25,27). The van der Waals surface area contributed by atoms with E-state index in [1.165, 1.54) is 18.9 Å². The van der Waals surface area contributed by atoms with Gasteiger partial charge in [-0.3, -0.25) is 9.59 Å². The Hall–Kier alpha value is -3.52. The molecule has 0 bridgehead atoms. The van der Waals surface area contributed by atoms with Gasteiger partial charge >= 0.3 is 0 Å². The number of aromatic nitrogens is 2. The van der Waals surface area contributed by atoms with Crippen molar-refractivity contribution in [3.8, 4) is 22.6 Å². The highest BCUT2D eigenvalue weighted by molar-refractivity contribution is 6.30. The van der Waals surface area contributed by atoms with Crippen LogP contribution in [0.1, 0.15) is 12.5 Å². The minimum Gasteiger partial charge on any atom is -0.497 e. The number of benzene rings is 2. The van der Waals surface area contributed by atoms with Crippen molar-refractivity contribution in [2.24, 2.45) is 0 Å². The Labute approximate surface area is 177 Å². The van der Waals surface area contributed by atoms with Crippen molar-refractivity contribution >= 4 is 34.9 Å². The normalized spacial score (nSPS) is 15.2. The summed E-state index contributed by atoms with van der Waals surface area (Å²) in [4.78, 5) is 25.4. The van der Waals surface area contributed by atoms with Crippen LogP contribution < -0.4 is 20.1 Å². The van der Waals surface area contributed by atoms with E-state index in [0.717, 1.165) is 5.56 Å². The molecule has 1 atom stereocenters. The summed E-state index contributed by atoms with van der Waals surface area (Å²) in [5.74, 6) is 0.856. The third-order valence-corrected chi connectivity index (χ3v) is 5.10. The van der Waals surface area contributed by atoms with Gasteiger partial charge in [0.25, 0.3) is 0 Å². The molecule has 0 fully saturated rings. The Kier molecular flexibility index (Phi) is 5.33. The Bertz CT molecular complexity index is 1110. The molecule has 2 heterocycles. The van der Waals surface area contributed by atoms with Crippen LogP contribution in [0, 0.1) is 0 Å². The fourth-order valence-electron chi connectivity index (χ4n) is 3.34. The zero-order chi connectivity index (χ0) is 21.3. The Morgan fingerprint density at radius 3 is 2.67 bits per heavy atom. The SMILES string of the molecule is COc1ccc(OC)c(NC(=O)C2CC(=O)Nc3c(-c4ccc(Cl)cc4)cnn32)c1. The van der Waals surface area contributed by atoms with Gasteiger partial charge in [0.15, 0.2) is 0 Å². The third-order valence-electron chi connectivity index (χ3n) is 4.85. The molecule has 0 saturated carbocycles. The molecule has 1 unspecified atom stereocenters.